The Hall–Kier alpha value is -1.76. The van der Waals surface area contributed by atoms with Gasteiger partial charge in [0.2, 0.25) is 0 Å². The molecule has 0 spiro atoms. The van der Waals surface area contributed by atoms with E-state index in [9.17, 15) is 9.90 Å². The molecule has 1 amide bonds. The van der Waals surface area contributed by atoms with Gasteiger partial charge < -0.3 is 15.2 Å². The van der Waals surface area contributed by atoms with Gasteiger partial charge in [0.05, 0.1) is 18.3 Å². The molecular formula is C18H22N2O3S. The molecule has 24 heavy (non-hydrogen) atoms. The summed E-state index contributed by atoms with van der Waals surface area (Å²) in [4.78, 5) is 17.2. The van der Waals surface area contributed by atoms with E-state index in [-0.39, 0.29) is 18.1 Å². The van der Waals surface area contributed by atoms with E-state index < -0.39 is 6.10 Å². The molecule has 1 aromatic carbocycles. The van der Waals surface area contributed by atoms with E-state index in [1.54, 1.807) is 6.20 Å². The van der Waals surface area contributed by atoms with Crippen molar-refractivity contribution < 1.29 is 14.6 Å². The second-order valence-electron chi connectivity index (χ2n) is 6.08. The topological polar surface area (TPSA) is 71.5 Å². The van der Waals surface area contributed by atoms with Crippen LogP contribution >= 0.6 is 11.3 Å². The Balaban J connectivity index is 1.55. The molecule has 128 valence electrons. The first kappa shape index (κ1) is 17.1. The molecule has 1 aliphatic heterocycles. The minimum atomic E-state index is -0.637. The zero-order valence-corrected chi connectivity index (χ0v) is 14.5. The Morgan fingerprint density at radius 2 is 2.25 bits per heavy atom. The number of carbonyl (C=O) groups is 1. The standard InChI is InChI=1S/C18H22N2O3S/c1-12(14(21)10-13-6-3-2-4-7-13)20-17(22)16-11-19-18(24-16)15-8-5-9-23-15/h2-4,6-7,11-12,14-15,21H,5,8-10H2,1H3,(H,20,22). The first-order chi connectivity index (χ1) is 11.6. The van der Waals surface area contributed by atoms with Crippen molar-refractivity contribution in [1.29, 1.82) is 0 Å². The number of rotatable bonds is 6. The van der Waals surface area contributed by atoms with Crippen LogP contribution in [0.3, 0.4) is 0 Å². The molecule has 1 saturated heterocycles. The van der Waals surface area contributed by atoms with Crippen LogP contribution in [0.5, 0.6) is 0 Å². The van der Waals surface area contributed by atoms with Gasteiger partial charge in [0, 0.05) is 13.0 Å². The lowest BCUT2D eigenvalue weighted by Crippen LogP contribution is -2.41. The minimum absolute atomic E-state index is 0.0256. The average Bonchev–Trinajstić information content (AvgIpc) is 3.27. The van der Waals surface area contributed by atoms with E-state index in [0.717, 1.165) is 30.0 Å². The fraction of sp³-hybridized carbons (Fsp3) is 0.444. The number of aliphatic hydroxyl groups is 1. The van der Waals surface area contributed by atoms with Crippen molar-refractivity contribution in [2.45, 2.75) is 44.4 Å². The quantitative estimate of drug-likeness (QED) is 0.844. The molecule has 2 N–H and O–H groups in total. The van der Waals surface area contributed by atoms with Crippen LogP contribution in [0, 0.1) is 0 Å². The van der Waals surface area contributed by atoms with Crippen LogP contribution in [0.1, 0.15) is 46.1 Å². The molecule has 0 bridgehead atoms. The van der Waals surface area contributed by atoms with Crippen LogP contribution in [-0.2, 0) is 11.2 Å². The Morgan fingerprint density at radius 1 is 1.46 bits per heavy atom. The largest absolute Gasteiger partial charge is 0.391 e. The van der Waals surface area contributed by atoms with E-state index in [4.69, 9.17) is 4.74 Å². The third-order valence-corrected chi connectivity index (χ3v) is 5.26. The third kappa shape index (κ3) is 4.20. The van der Waals surface area contributed by atoms with Gasteiger partial charge in [0.25, 0.3) is 5.91 Å². The molecule has 3 rings (SSSR count). The van der Waals surface area contributed by atoms with Crippen LogP contribution in [-0.4, -0.2) is 34.8 Å². The molecule has 1 fully saturated rings. The smallest absolute Gasteiger partial charge is 0.263 e. The van der Waals surface area contributed by atoms with E-state index in [1.165, 1.54) is 11.3 Å². The van der Waals surface area contributed by atoms with Crippen LogP contribution < -0.4 is 5.32 Å². The Morgan fingerprint density at radius 3 is 2.96 bits per heavy atom. The fourth-order valence-electron chi connectivity index (χ4n) is 2.72. The SMILES string of the molecule is CC(NC(=O)c1cnc(C2CCCO2)s1)C(O)Cc1ccccc1. The lowest BCUT2D eigenvalue weighted by Gasteiger charge is -2.20. The molecule has 5 nitrogen and oxygen atoms in total. The van der Waals surface area contributed by atoms with Gasteiger partial charge in [-0.25, -0.2) is 4.98 Å². The maximum Gasteiger partial charge on any atom is 0.263 e. The number of nitrogens with zero attached hydrogens (tertiary/aromatic N) is 1. The molecule has 0 radical (unpaired) electrons. The Kier molecular flexibility index (Phi) is 5.60. The number of aromatic nitrogens is 1. The van der Waals surface area contributed by atoms with Gasteiger partial charge in [0.15, 0.2) is 0 Å². The van der Waals surface area contributed by atoms with Gasteiger partial charge in [-0.2, -0.15) is 0 Å². The summed E-state index contributed by atoms with van der Waals surface area (Å²) >= 11 is 1.37. The van der Waals surface area contributed by atoms with Crippen molar-refractivity contribution in [2.75, 3.05) is 6.61 Å². The summed E-state index contributed by atoms with van der Waals surface area (Å²) < 4.78 is 5.59. The van der Waals surface area contributed by atoms with E-state index in [0.29, 0.717) is 11.3 Å². The number of nitrogens with one attached hydrogen (secondary N) is 1. The monoisotopic (exact) mass is 346 g/mol. The molecule has 2 heterocycles. The number of thiazole rings is 1. The van der Waals surface area contributed by atoms with Crippen molar-refractivity contribution in [3.63, 3.8) is 0 Å². The zero-order valence-electron chi connectivity index (χ0n) is 13.6. The summed E-state index contributed by atoms with van der Waals surface area (Å²) in [5.74, 6) is -0.198. The highest BCUT2D eigenvalue weighted by molar-refractivity contribution is 7.13. The van der Waals surface area contributed by atoms with Crippen molar-refractivity contribution in [2.24, 2.45) is 0 Å². The highest BCUT2D eigenvalue weighted by atomic mass is 32.1. The number of hydrogen-bond donors (Lipinski definition) is 2. The molecule has 1 aromatic heterocycles. The van der Waals surface area contributed by atoms with Gasteiger partial charge in [-0.05, 0) is 25.3 Å². The molecule has 0 saturated carbocycles. The Labute approximate surface area is 145 Å². The normalized spacial score (nSPS) is 19.8. The summed E-state index contributed by atoms with van der Waals surface area (Å²) in [6.45, 7) is 2.57. The average molecular weight is 346 g/mol. The lowest BCUT2D eigenvalue weighted by atomic mass is 10.0. The minimum Gasteiger partial charge on any atom is -0.391 e. The molecule has 3 unspecified atom stereocenters. The maximum absolute atomic E-state index is 12.3. The molecule has 3 atom stereocenters. The van der Waals surface area contributed by atoms with Crippen LogP contribution in [0.25, 0.3) is 0 Å². The molecule has 6 heteroatoms. The van der Waals surface area contributed by atoms with E-state index in [1.807, 2.05) is 37.3 Å². The zero-order chi connectivity index (χ0) is 16.9. The van der Waals surface area contributed by atoms with Crippen molar-refractivity contribution in [3.05, 3.63) is 52.0 Å². The predicted octanol–water partition coefficient (Wildman–Crippen LogP) is 2.72. The summed E-state index contributed by atoms with van der Waals surface area (Å²) in [7, 11) is 0. The van der Waals surface area contributed by atoms with Gasteiger partial charge in [0.1, 0.15) is 16.0 Å². The Bertz CT molecular complexity index is 668. The first-order valence-corrected chi connectivity index (χ1v) is 9.05. The summed E-state index contributed by atoms with van der Waals surface area (Å²) in [6.07, 6.45) is 3.48. The molecule has 0 aliphatic carbocycles. The number of aliphatic hydroxyl groups excluding tert-OH is 1. The number of hydrogen-bond acceptors (Lipinski definition) is 5. The van der Waals surface area contributed by atoms with E-state index in [2.05, 4.69) is 10.3 Å². The fourth-order valence-corrected chi connectivity index (χ4v) is 3.63. The van der Waals surface area contributed by atoms with Crippen molar-refractivity contribution in [3.8, 4) is 0 Å². The van der Waals surface area contributed by atoms with Gasteiger partial charge in [-0.1, -0.05) is 30.3 Å². The van der Waals surface area contributed by atoms with Crippen LogP contribution in [0.15, 0.2) is 36.5 Å². The number of benzene rings is 1. The predicted molar refractivity (Wildman–Crippen MR) is 93.1 cm³/mol. The van der Waals surface area contributed by atoms with Crippen LogP contribution in [0.4, 0.5) is 0 Å². The highest BCUT2D eigenvalue weighted by Crippen LogP contribution is 2.31. The second kappa shape index (κ2) is 7.88. The van der Waals surface area contributed by atoms with Gasteiger partial charge >= 0.3 is 0 Å². The lowest BCUT2D eigenvalue weighted by molar-refractivity contribution is 0.0855. The summed E-state index contributed by atoms with van der Waals surface area (Å²) in [6, 6.07) is 9.41. The summed E-state index contributed by atoms with van der Waals surface area (Å²) in [5, 5.41) is 14.0. The number of ether oxygens (including phenoxy) is 1. The highest BCUT2D eigenvalue weighted by Gasteiger charge is 2.24. The van der Waals surface area contributed by atoms with Crippen LogP contribution in [0.2, 0.25) is 0 Å². The van der Waals surface area contributed by atoms with Gasteiger partial charge in [-0.3, -0.25) is 4.79 Å². The molecular weight excluding hydrogens is 324 g/mol. The van der Waals surface area contributed by atoms with E-state index >= 15 is 0 Å². The second-order valence-corrected chi connectivity index (χ2v) is 7.15. The summed E-state index contributed by atoms with van der Waals surface area (Å²) in [5.41, 5.74) is 1.05. The maximum atomic E-state index is 12.3. The van der Waals surface area contributed by atoms with Crippen molar-refractivity contribution in [1.82, 2.24) is 10.3 Å². The molecule has 1 aliphatic rings. The number of amides is 1. The van der Waals surface area contributed by atoms with Gasteiger partial charge in [-0.15, -0.1) is 11.3 Å². The number of carbonyl (C=O) groups excluding carboxylic acids is 1. The first-order valence-electron chi connectivity index (χ1n) is 8.23. The van der Waals surface area contributed by atoms with Crippen molar-refractivity contribution >= 4 is 17.2 Å². The molecule has 2 aromatic rings. The third-order valence-electron chi connectivity index (χ3n) is 4.18.